The van der Waals surface area contributed by atoms with Crippen LogP contribution in [0, 0.1) is 5.82 Å². The van der Waals surface area contributed by atoms with Gasteiger partial charge >= 0.3 is 0 Å². The number of benzene rings is 1. The van der Waals surface area contributed by atoms with Gasteiger partial charge in [-0.25, -0.2) is 4.39 Å². The maximum atomic E-state index is 13.1. The molecule has 1 aromatic carbocycles. The van der Waals surface area contributed by atoms with Crippen molar-refractivity contribution in [1.82, 2.24) is 0 Å². The highest BCUT2D eigenvalue weighted by atomic mass is 19.1. The van der Waals surface area contributed by atoms with E-state index in [2.05, 4.69) is 0 Å². The van der Waals surface area contributed by atoms with E-state index in [1.165, 1.54) is 12.1 Å². The van der Waals surface area contributed by atoms with Crippen LogP contribution in [0.15, 0.2) is 24.3 Å². The molecule has 19 heavy (non-hydrogen) atoms. The molecule has 0 aliphatic heterocycles. The van der Waals surface area contributed by atoms with Crippen LogP contribution in [0.3, 0.4) is 0 Å². The highest BCUT2D eigenvalue weighted by Gasteiger charge is 2.22. The van der Waals surface area contributed by atoms with E-state index in [9.17, 15) is 4.39 Å². The van der Waals surface area contributed by atoms with E-state index in [0.29, 0.717) is 12.7 Å². The fourth-order valence-electron chi connectivity index (χ4n) is 2.54. The van der Waals surface area contributed by atoms with Crippen molar-refractivity contribution in [3.63, 3.8) is 0 Å². The third kappa shape index (κ3) is 4.27. The number of nitrogens with two attached hydrogens (primary N) is 1. The van der Waals surface area contributed by atoms with Gasteiger partial charge in [-0.15, -0.1) is 0 Å². The summed E-state index contributed by atoms with van der Waals surface area (Å²) < 4.78 is 24.3. The van der Waals surface area contributed by atoms with Gasteiger partial charge in [0, 0.05) is 7.11 Å². The topological polar surface area (TPSA) is 44.5 Å². The summed E-state index contributed by atoms with van der Waals surface area (Å²) in [6, 6.07) is 6.11. The van der Waals surface area contributed by atoms with Crippen LogP contribution in [0.25, 0.3) is 0 Å². The Morgan fingerprint density at radius 2 is 2.16 bits per heavy atom. The van der Waals surface area contributed by atoms with Crippen molar-refractivity contribution in [1.29, 1.82) is 0 Å². The summed E-state index contributed by atoms with van der Waals surface area (Å²) in [5.74, 6) is -0.259. The molecule has 106 valence electrons. The van der Waals surface area contributed by atoms with E-state index in [-0.39, 0.29) is 18.0 Å². The van der Waals surface area contributed by atoms with Crippen molar-refractivity contribution in [2.24, 2.45) is 5.73 Å². The van der Waals surface area contributed by atoms with E-state index < -0.39 is 0 Å². The number of rotatable bonds is 5. The molecule has 0 heterocycles. The fourth-order valence-corrected chi connectivity index (χ4v) is 2.54. The largest absolute Gasteiger partial charge is 0.381 e. The summed E-state index contributed by atoms with van der Waals surface area (Å²) in [6.45, 7) is 0.421. The van der Waals surface area contributed by atoms with Gasteiger partial charge in [0.25, 0.3) is 0 Å². The van der Waals surface area contributed by atoms with E-state index in [4.69, 9.17) is 15.2 Å². The Bertz CT molecular complexity index is 399. The second-order valence-electron chi connectivity index (χ2n) is 5.14. The normalized spacial score (nSPS) is 25.2. The number of hydrogen-bond acceptors (Lipinski definition) is 3. The molecule has 0 spiro atoms. The summed E-state index contributed by atoms with van der Waals surface area (Å²) in [6.07, 6.45) is 4.70. The van der Waals surface area contributed by atoms with Crippen LogP contribution in [0.1, 0.15) is 37.3 Å². The maximum Gasteiger partial charge on any atom is 0.123 e. The van der Waals surface area contributed by atoms with Crippen LogP contribution in [0.2, 0.25) is 0 Å². The highest BCUT2D eigenvalue weighted by molar-refractivity contribution is 5.19. The zero-order chi connectivity index (χ0) is 13.7. The standard InChI is InChI=1S/C15H22FNO2/c1-18-13-6-3-7-14(9-13)19-10-15(17)11-4-2-5-12(16)8-11/h2,4-5,8,13-15H,3,6-7,9-10,17H2,1H3. The molecule has 3 nitrogen and oxygen atoms in total. The molecule has 0 aromatic heterocycles. The summed E-state index contributed by atoms with van der Waals surface area (Å²) in [4.78, 5) is 0. The Morgan fingerprint density at radius 3 is 2.89 bits per heavy atom. The molecule has 2 rings (SSSR count). The maximum absolute atomic E-state index is 13.1. The first-order valence-corrected chi connectivity index (χ1v) is 6.84. The SMILES string of the molecule is COC1CCCC(OCC(N)c2cccc(F)c2)C1. The second kappa shape index (κ2) is 6.98. The van der Waals surface area contributed by atoms with Crippen molar-refractivity contribution < 1.29 is 13.9 Å². The van der Waals surface area contributed by atoms with Crippen molar-refractivity contribution in [3.05, 3.63) is 35.6 Å². The van der Waals surface area contributed by atoms with Gasteiger partial charge in [0.05, 0.1) is 24.9 Å². The minimum Gasteiger partial charge on any atom is -0.381 e. The smallest absolute Gasteiger partial charge is 0.123 e. The minimum absolute atomic E-state index is 0.207. The summed E-state index contributed by atoms with van der Waals surface area (Å²) in [5.41, 5.74) is 6.80. The van der Waals surface area contributed by atoms with Gasteiger partial charge in [-0.05, 0) is 43.4 Å². The third-order valence-electron chi connectivity index (χ3n) is 3.70. The average molecular weight is 267 g/mol. The van der Waals surface area contributed by atoms with Crippen LogP contribution >= 0.6 is 0 Å². The second-order valence-corrected chi connectivity index (χ2v) is 5.14. The van der Waals surface area contributed by atoms with Crippen LogP contribution in [0.4, 0.5) is 4.39 Å². The van der Waals surface area contributed by atoms with Gasteiger partial charge in [-0.1, -0.05) is 12.1 Å². The molecule has 1 aliphatic carbocycles. The third-order valence-corrected chi connectivity index (χ3v) is 3.70. The number of halogens is 1. The molecular formula is C15H22FNO2. The lowest BCUT2D eigenvalue weighted by Crippen LogP contribution is -2.30. The van der Waals surface area contributed by atoms with E-state index >= 15 is 0 Å². The van der Waals surface area contributed by atoms with Crippen molar-refractivity contribution in [2.75, 3.05) is 13.7 Å². The highest BCUT2D eigenvalue weighted by Crippen LogP contribution is 2.24. The Morgan fingerprint density at radius 1 is 1.37 bits per heavy atom. The Balaban J connectivity index is 1.81. The minimum atomic E-state index is -0.279. The molecule has 2 N–H and O–H groups in total. The molecular weight excluding hydrogens is 245 g/mol. The number of ether oxygens (including phenoxy) is 2. The van der Waals surface area contributed by atoms with Crippen molar-refractivity contribution in [3.8, 4) is 0 Å². The quantitative estimate of drug-likeness (QED) is 0.892. The first-order chi connectivity index (χ1) is 9.19. The molecule has 0 saturated heterocycles. The fraction of sp³-hybridized carbons (Fsp3) is 0.600. The average Bonchev–Trinajstić information content (AvgIpc) is 2.45. The first kappa shape index (κ1) is 14.4. The van der Waals surface area contributed by atoms with Gasteiger partial charge in [-0.3, -0.25) is 0 Å². The zero-order valence-corrected chi connectivity index (χ0v) is 11.3. The predicted molar refractivity (Wildman–Crippen MR) is 72.3 cm³/mol. The molecule has 1 aromatic rings. The van der Waals surface area contributed by atoms with E-state index in [1.54, 1.807) is 13.2 Å². The molecule has 1 saturated carbocycles. The van der Waals surface area contributed by atoms with Crippen LogP contribution in [-0.4, -0.2) is 25.9 Å². The van der Waals surface area contributed by atoms with Crippen molar-refractivity contribution >= 4 is 0 Å². The molecule has 4 heteroatoms. The first-order valence-electron chi connectivity index (χ1n) is 6.84. The van der Waals surface area contributed by atoms with Gasteiger partial charge in [-0.2, -0.15) is 0 Å². The number of methoxy groups -OCH3 is 1. The Labute approximate surface area is 113 Å². The summed E-state index contributed by atoms with van der Waals surface area (Å²) >= 11 is 0. The van der Waals surface area contributed by atoms with E-state index in [0.717, 1.165) is 31.2 Å². The Kier molecular flexibility index (Phi) is 5.31. The van der Waals surface area contributed by atoms with Crippen LogP contribution < -0.4 is 5.73 Å². The summed E-state index contributed by atoms with van der Waals surface area (Å²) in [7, 11) is 1.74. The molecule has 0 amide bonds. The van der Waals surface area contributed by atoms with Gasteiger partial charge in [0.2, 0.25) is 0 Å². The van der Waals surface area contributed by atoms with Gasteiger partial charge < -0.3 is 15.2 Å². The van der Waals surface area contributed by atoms with Gasteiger partial charge in [0.1, 0.15) is 5.82 Å². The molecule has 0 radical (unpaired) electrons. The van der Waals surface area contributed by atoms with E-state index in [1.807, 2.05) is 6.07 Å². The monoisotopic (exact) mass is 267 g/mol. The van der Waals surface area contributed by atoms with Crippen LogP contribution in [0.5, 0.6) is 0 Å². The van der Waals surface area contributed by atoms with Crippen molar-refractivity contribution in [2.45, 2.75) is 43.9 Å². The van der Waals surface area contributed by atoms with Gasteiger partial charge in [0.15, 0.2) is 0 Å². The zero-order valence-electron chi connectivity index (χ0n) is 11.3. The number of hydrogen-bond donors (Lipinski definition) is 1. The molecule has 0 bridgehead atoms. The Hall–Kier alpha value is -0.970. The summed E-state index contributed by atoms with van der Waals surface area (Å²) in [5, 5.41) is 0. The lowest BCUT2D eigenvalue weighted by Gasteiger charge is -2.29. The predicted octanol–water partition coefficient (Wildman–Crippen LogP) is 2.80. The molecule has 3 atom stereocenters. The lowest BCUT2D eigenvalue weighted by atomic mass is 9.95. The molecule has 1 aliphatic rings. The molecule has 3 unspecified atom stereocenters. The van der Waals surface area contributed by atoms with Crippen LogP contribution in [-0.2, 0) is 9.47 Å². The lowest BCUT2D eigenvalue weighted by molar-refractivity contribution is -0.0332. The molecule has 1 fully saturated rings.